The predicted molar refractivity (Wildman–Crippen MR) is 130 cm³/mol. The molecule has 0 unspecified atom stereocenters. The summed E-state index contributed by atoms with van der Waals surface area (Å²) in [4.78, 5) is 13.0. The van der Waals surface area contributed by atoms with E-state index in [1.165, 1.54) is 35.9 Å². The largest absolute Gasteiger partial charge is 0.348 e. The second-order valence-electron chi connectivity index (χ2n) is 7.34. The second-order valence-corrected chi connectivity index (χ2v) is 10.1. The highest BCUT2D eigenvalue weighted by atomic mass is 35.5. The van der Waals surface area contributed by atoms with Crippen LogP contribution in [0, 0.1) is 0 Å². The molecule has 0 spiro atoms. The third-order valence-corrected chi connectivity index (χ3v) is 7.24. The monoisotopic (exact) mass is 490 g/mol. The summed E-state index contributed by atoms with van der Waals surface area (Å²) in [6.45, 7) is 3.50. The standard InChI is InChI=1S/C24H24Cl2N2O3S/c1-3-18-9-11-19(12-10-18)17(2)27-24(29)16-28(22-14-20(25)13-21(26)15-22)32(30,31)23-7-5-4-6-8-23/h4-15,17H,3,16H2,1-2H3,(H,27,29)/t17-/m1/s1. The van der Waals surface area contributed by atoms with Crippen LogP contribution in [0.4, 0.5) is 5.69 Å². The number of amides is 1. The molecule has 0 bridgehead atoms. The SMILES string of the molecule is CCc1ccc([C@@H](C)NC(=O)CN(c2cc(Cl)cc(Cl)c2)S(=O)(=O)c2ccccc2)cc1. The number of aryl methyl sites for hydroxylation is 1. The smallest absolute Gasteiger partial charge is 0.264 e. The molecule has 32 heavy (non-hydrogen) atoms. The Kier molecular flexibility index (Phi) is 7.82. The van der Waals surface area contributed by atoms with Crippen LogP contribution in [0.3, 0.4) is 0 Å². The average molecular weight is 491 g/mol. The van der Waals surface area contributed by atoms with Gasteiger partial charge in [-0.15, -0.1) is 0 Å². The Balaban J connectivity index is 1.89. The van der Waals surface area contributed by atoms with E-state index in [-0.39, 0.29) is 26.7 Å². The second kappa shape index (κ2) is 10.4. The quantitative estimate of drug-likeness (QED) is 0.444. The fraction of sp³-hybridized carbons (Fsp3) is 0.208. The van der Waals surface area contributed by atoms with Crippen LogP contribution in [0.2, 0.25) is 10.0 Å². The lowest BCUT2D eigenvalue weighted by Crippen LogP contribution is -2.41. The van der Waals surface area contributed by atoms with Crippen LogP contribution in [-0.2, 0) is 21.2 Å². The van der Waals surface area contributed by atoms with Gasteiger partial charge in [-0.25, -0.2) is 8.42 Å². The summed E-state index contributed by atoms with van der Waals surface area (Å²) >= 11 is 12.2. The number of carbonyl (C=O) groups excluding carboxylic acids is 1. The van der Waals surface area contributed by atoms with Gasteiger partial charge in [0.25, 0.3) is 10.0 Å². The average Bonchev–Trinajstić information content (AvgIpc) is 2.77. The number of hydrogen-bond acceptors (Lipinski definition) is 3. The molecule has 0 saturated heterocycles. The molecule has 8 heteroatoms. The summed E-state index contributed by atoms with van der Waals surface area (Å²) in [7, 11) is -4.04. The van der Waals surface area contributed by atoms with Gasteiger partial charge >= 0.3 is 0 Å². The normalized spacial score (nSPS) is 12.2. The van der Waals surface area contributed by atoms with Gasteiger partial charge in [-0.2, -0.15) is 0 Å². The van der Waals surface area contributed by atoms with Crippen molar-refractivity contribution in [2.75, 3.05) is 10.8 Å². The molecule has 0 aliphatic heterocycles. The van der Waals surface area contributed by atoms with Gasteiger partial charge in [0, 0.05) is 10.0 Å². The molecule has 0 aromatic heterocycles. The Morgan fingerprint density at radius 1 is 0.969 bits per heavy atom. The van der Waals surface area contributed by atoms with Crippen LogP contribution < -0.4 is 9.62 Å². The van der Waals surface area contributed by atoms with E-state index in [1.54, 1.807) is 18.2 Å². The van der Waals surface area contributed by atoms with E-state index >= 15 is 0 Å². The van der Waals surface area contributed by atoms with Gasteiger partial charge in [-0.05, 0) is 54.8 Å². The lowest BCUT2D eigenvalue weighted by atomic mass is 10.1. The first-order chi connectivity index (χ1) is 15.2. The summed E-state index contributed by atoms with van der Waals surface area (Å²) in [6, 6.07) is 20.0. The highest BCUT2D eigenvalue weighted by Gasteiger charge is 2.28. The van der Waals surface area contributed by atoms with Crippen molar-refractivity contribution in [2.45, 2.75) is 31.2 Å². The zero-order valence-corrected chi connectivity index (χ0v) is 20.1. The van der Waals surface area contributed by atoms with Crippen molar-refractivity contribution in [3.63, 3.8) is 0 Å². The van der Waals surface area contributed by atoms with E-state index < -0.39 is 22.5 Å². The van der Waals surface area contributed by atoms with Crippen molar-refractivity contribution in [1.29, 1.82) is 0 Å². The Labute approximate surface area is 199 Å². The third kappa shape index (κ3) is 5.82. The van der Waals surface area contributed by atoms with E-state index in [0.717, 1.165) is 16.3 Å². The molecule has 0 fully saturated rings. The molecule has 0 heterocycles. The number of nitrogens with one attached hydrogen (secondary N) is 1. The van der Waals surface area contributed by atoms with Crippen LogP contribution in [-0.4, -0.2) is 20.9 Å². The molecule has 3 aromatic rings. The Bertz CT molecular complexity index is 1160. The van der Waals surface area contributed by atoms with Crippen molar-refractivity contribution < 1.29 is 13.2 Å². The van der Waals surface area contributed by atoms with E-state index in [4.69, 9.17) is 23.2 Å². The Morgan fingerprint density at radius 3 is 2.12 bits per heavy atom. The minimum Gasteiger partial charge on any atom is -0.348 e. The van der Waals surface area contributed by atoms with Gasteiger partial charge in [-0.1, -0.05) is 72.6 Å². The molecule has 3 rings (SSSR count). The highest BCUT2D eigenvalue weighted by molar-refractivity contribution is 7.92. The minimum absolute atomic E-state index is 0.0621. The van der Waals surface area contributed by atoms with Crippen LogP contribution in [0.5, 0.6) is 0 Å². The number of sulfonamides is 1. The summed E-state index contributed by atoms with van der Waals surface area (Å²) in [5.74, 6) is -0.451. The number of carbonyl (C=O) groups is 1. The zero-order valence-electron chi connectivity index (χ0n) is 17.8. The van der Waals surface area contributed by atoms with Crippen molar-refractivity contribution >= 4 is 44.8 Å². The van der Waals surface area contributed by atoms with Gasteiger partial charge < -0.3 is 5.32 Å². The van der Waals surface area contributed by atoms with Crippen molar-refractivity contribution in [1.82, 2.24) is 5.32 Å². The molecule has 1 atom stereocenters. The van der Waals surface area contributed by atoms with Crippen molar-refractivity contribution in [3.05, 3.63) is 94.0 Å². The molecule has 0 aliphatic rings. The van der Waals surface area contributed by atoms with Gasteiger partial charge in [0.05, 0.1) is 16.6 Å². The number of hydrogen-bond donors (Lipinski definition) is 1. The minimum atomic E-state index is -4.04. The third-order valence-electron chi connectivity index (χ3n) is 5.02. The maximum Gasteiger partial charge on any atom is 0.264 e. The van der Waals surface area contributed by atoms with Crippen molar-refractivity contribution in [3.8, 4) is 0 Å². The van der Waals surface area contributed by atoms with E-state index in [0.29, 0.717) is 0 Å². The summed E-state index contributed by atoms with van der Waals surface area (Å²) in [5, 5.41) is 3.41. The van der Waals surface area contributed by atoms with Crippen LogP contribution in [0.15, 0.2) is 77.7 Å². The maximum atomic E-state index is 13.4. The van der Waals surface area contributed by atoms with E-state index in [2.05, 4.69) is 12.2 Å². The number of benzene rings is 3. The fourth-order valence-corrected chi connectivity index (χ4v) is 5.20. The number of anilines is 1. The zero-order chi connectivity index (χ0) is 23.3. The van der Waals surface area contributed by atoms with E-state index in [9.17, 15) is 13.2 Å². The Morgan fingerprint density at radius 2 is 1.56 bits per heavy atom. The molecular formula is C24H24Cl2N2O3S. The summed E-state index contributed by atoms with van der Waals surface area (Å²) in [6.07, 6.45) is 0.926. The number of nitrogens with zero attached hydrogens (tertiary/aromatic N) is 1. The number of rotatable bonds is 8. The highest BCUT2D eigenvalue weighted by Crippen LogP contribution is 2.29. The molecule has 0 saturated carbocycles. The number of halogens is 2. The first kappa shape index (κ1) is 24.1. The molecule has 168 valence electrons. The molecule has 1 N–H and O–H groups in total. The van der Waals surface area contributed by atoms with Crippen LogP contribution >= 0.6 is 23.2 Å². The van der Waals surface area contributed by atoms with E-state index in [1.807, 2.05) is 31.2 Å². The molecular weight excluding hydrogens is 467 g/mol. The molecule has 0 aliphatic carbocycles. The summed E-state index contributed by atoms with van der Waals surface area (Å²) < 4.78 is 27.8. The lowest BCUT2D eigenvalue weighted by Gasteiger charge is -2.25. The van der Waals surface area contributed by atoms with Crippen LogP contribution in [0.1, 0.15) is 31.0 Å². The first-order valence-electron chi connectivity index (χ1n) is 10.1. The van der Waals surface area contributed by atoms with Gasteiger partial charge in [0.2, 0.25) is 5.91 Å². The maximum absolute atomic E-state index is 13.4. The topological polar surface area (TPSA) is 66.5 Å². The Hall–Kier alpha value is -2.54. The molecule has 3 aromatic carbocycles. The molecule has 1 amide bonds. The van der Waals surface area contributed by atoms with Gasteiger partial charge in [-0.3, -0.25) is 9.10 Å². The van der Waals surface area contributed by atoms with Crippen molar-refractivity contribution in [2.24, 2.45) is 0 Å². The predicted octanol–water partition coefficient (Wildman–Crippen LogP) is 5.63. The van der Waals surface area contributed by atoms with Gasteiger partial charge in [0.1, 0.15) is 6.54 Å². The fourth-order valence-electron chi connectivity index (χ4n) is 3.26. The molecule has 5 nitrogen and oxygen atoms in total. The first-order valence-corrected chi connectivity index (χ1v) is 12.3. The lowest BCUT2D eigenvalue weighted by molar-refractivity contribution is -0.120. The van der Waals surface area contributed by atoms with Crippen LogP contribution in [0.25, 0.3) is 0 Å². The molecule has 0 radical (unpaired) electrons. The van der Waals surface area contributed by atoms with Gasteiger partial charge in [0.15, 0.2) is 0 Å². The summed E-state index contributed by atoms with van der Waals surface area (Å²) in [5.41, 5.74) is 2.34.